The van der Waals surface area contributed by atoms with E-state index in [1.165, 1.54) is 12.8 Å². The van der Waals surface area contributed by atoms with Crippen LogP contribution >= 0.6 is 24.0 Å². The molecule has 0 N–H and O–H groups in total. The highest BCUT2D eigenvalue weighted by Crippen LogP contribution is 2.08. The zero-order chi connectivity index (χ0) is 12.1. The molecular weight excluding hydrogens is 244 g/mol. The molecule has 0 aromatic carbocycles. The van der Waals surface area contributed by atoms with Gasteiger partial charge in [-0.2, -0.15) is 0 Å². The van der Waals surface area contributed by atoms with E-state index in [0.29, 0.717) is 30.8 Å². The molecule has 0 spiro atoms. The second kappa shape index (κ2) is 13.2. The molecule has 3 nitrogen and oxygen atoms in total. The Labute approximate surface area is 108 Å². The molecular formula is C11H22O3S2. The molecule has 0 aromatic rings. The van der Waals surface area contributed by atoms with E-state index < -0.39 is 0 Å². The largest absolute Gasteiger partial charge is 0.476 e. The number of rotatable bonds is 10. The van der Waals surface area contributed by atoms with Gasteiger partial charge in [0.15, 0.2) is 0 Å². The predicted molar refractivity (Wildman–Crippen MR) is 73.2 cm³/mol. The van der Waals surface area contributed by atoms with Gasteiger partial charge in [0.1, 0.15) is 6.61 Å². The maximum Gasteiger partial charge on any atom is 0.220 e. The van der Waals surface area contributed by atoms with Crippen LogP contribution < -0.4 is 0 Å². The van der Waals surface area contributed by atoms with Gasteiger partial charge < -0.3 is 14.2 Å². The summed E-state index contributed by atoms with van der Waals surface area (Å²) in [6.07, 6.45) is 2.37. The third-order valence-electron chi connectivity index (χ3n) is 1.74. The van der Waals surface area contributed by atoms with Crippen molar-refractivity contribution in [2.75, 3.05) is 38.8 Å². The van der Waals surface area contributed by atoms with Gasteiger partial charge in [-0.3, -0.25) is 0 Å². The summed E-state index contributed by atoms with van der Waals surface area (Å²) in [5.41, 5.74) is 0. The minimum Gasteiger partial charge on any atom is -0.476 e. The molecule has 0 fully saturated rings. The molecule has 0 heterocycles. The molecule has 0 atom stereocenters. The van der Waals surface area contributed by atoms with Crippen molar-refractivity contribution in [3.8, 4) is 0 Å². The van der Waals surface area contributed by atoms with Crippen LogP contribution in [0.2, 0.25) is 0 Å². The standard InChI is InChI=1S/C11H22O3S2/c1-3-5-10-16-11(15)14-9-8-13-7-6-12-4-2/h3-10H2,1-2H3. The SMILES string of the molecule is CCCCSC(=S)OCCOCCOCC. The highest BCUT2D eigenvalue weighted by molar-refractivity contribution is 8.22. The second-order valence-electron chi connectivity index (χ2n) is 3.11. The average molecular weight is 266 g/mol. The van der Waals surface area contributed by atoms with Gasteiger partial charge in [-0.15, -0.1) is 0 Å². The zero-order valence-corrected chi connectivity index (χ0v) is 11.8. The van der Waals surface area contributed by atoms with E-state index in [9.17, 15) is 0 Å². The Morgan fingerprint density at radius 2 is 1.75 bits per heavy atom. The summed E-state index contributed by atoms with van der Waals surface area (Å²) in [4.78, 5) is 0. The molecule has 5 heteroatoms. The molecule has 0 rings (SSSR count). The lowest BCUT2D eigenvalue weighted by Gasteiger charge is -2.07. The van der Waals surface area contributed by atoms with Crippen LogP contribution in [-0.4, -0.2) is 43.2 Å². The van der Waals surface area contributed by atoms with Crippen molar-refractivity contribution < 1.29 is 14.2 Å². The number of thioether (sulfide) groups is 1. The fourth-order valence-electron chi connectivity index (χ4n) is 0.890. The number of hydrogen-bond donors (Lipinski definition) is 0. The van der Waals surface area contributed by atoms with Crippen LogP contribution in [0.1, 0.15) is 26.7 Å². The van der Waals surface area contributed by atoms with Gasteiger partial charge in [0.25, 0.3) is 0 Å². The molecule has 0 bridgehead atoms. The summed E-state index contributed by atoms with van der Waals surface area (Å²) in [6, 6.07) is 0. The van der Waals surface area contributed by atoms with E-state index >= 15 is 0 Å². The van der Waals surface area contributed by atoms with Crippen molar-refractivity contribution in [2.45, 2.75) is 26.7 Å². The third kappa shape index (κ3) is 12.2. The van der Waals surface area contributed by atoms with Crippen LogP contribution in [0.3, 0.4) is 0 Å². The molecule has 0 saturated heterocycles. The minimum absolute atomic E-state index is 0.532. The van der Waals surface area contributed by atoms with E-state index in [0.717, 1.165) is 12.4 Å². The Kier molecular flexibility index (Phi) is 13.4. The van der Waals surface area contributed by atoms with Gasteiger partial charge in [0.05, 0.1) is 19.8 Å². The molecule has 96 valence electrons. The van der Waals surface area contributed by atoms with E-state index in [4.69, 9.17) is 26.4 Å². The summed E-state index contributed by atoms with van der Waals surface area (Å²) < 4.78 is 16.4. The first-order chi connectivity index (χ1) is 7.81. The van der Waals surface area contributed by atoms with Crippen LogP contribution in [0.5, 0.6) is 0 Å². The first kappa shape index (κ1) is 16.2. The van der Waals surface area contributed by atoms with E-state index in [-0.39, 0.29) is 0 Å². The monoisotopic (exact) mass is 266 g/mol. The lowest BCUT2D eigenvalue weighted by Crippen LogP contribution is -2.10. The number of hydrogen-bond acceptors (Lipinski definition) is 5. The third-order valence-corrected chi connectivity index (χ3v) is 3.06. The van der Waals surface area contributed by atoms with Gasteiger partial charge in [0, 0.05) is 12.4 Å². The minimum atomic E-state index is 0.532. The number of ether oxygens (including phenoxy) is 3. The predicted octanol–water partition coefficient (Wildman–Crippen LogP) is 2.87. The fraction of sp³-hybridized carbons (Fsp3) is 0.909. The van der Waals surface area contributed by atoms with E-state index in [1.54, 1.807) is 11.8 Å². The number of thiocarbonyl (C=S) groups is 1. The van der Waals surface area contributed by atoms with Crippen molar-refractivity contribution in [1.29, 1.82) is 0 Å². The Morgan fingerprint density at radius 3 is 2.44 bits per heavy atom. The molecule has 0 aliphatic rings. The molecule has 16 heavy (non-hydrogen) atoms. The Hall–Kier alpha value is 0.160. The van der Waals surface area contributed by atoms with Crippen LogP contribution in [0, 0.1) is 0 Å². The van der Waals surface area contributed by atoms with Crippen molar-refractivity contribution in [1.82, 2.24) is 0 Å². The van der Waals surface area contributed by atoms with Gasteiger partial charge >= 0.3 is 0 Å². The van der Waals surface area contributed by atoms with Crippen LogP contribution in [0.15, 0.2) is 0 Å². The lowest BCUT2D eigenvalue weighted by atomic mass is 10.4. The van der Waals surface area contributed by atoms with Gasteiger partial charge in [-0.1, -0.05) is 25.1 Å². The van der Waals surface area contributed by atoms with Crippen molar-refractivity contribution in [2.24, 2.45) is 0 Å². The molecule has 0 aromatic heterocycles. The summed E-state index contributed by atoms with van der Waals surface area (Å²) >= 11 is 6.65. The Bertz CT molecular complexity index is 165. The molecule has 0 saturated carbocycles. The fourth-order valence-corrected chi connectivity index (χ4v) is 1.99. The van der Waals surface area contributed by atoms with E-state index in [2.05, 4.69) is 6.92 Å². The summed E-state index contributed by atoms with van der Waals surface area (Å²) in [6.45, 7) is 7.23. The maximum absolute atomic E-state index is 5.32. The summed E-state index contributed by atoms with van der Waals surface area (Å²) in [5.74, 6) is 1.04. The number of unbranched alkanes of at least 4 members (excludes halogenated alkanes) is 1. The van der Waals surface area contributed by atoms with Crippen molar-refractivity contribution >= 4 is 28.4 Å². The highest BCUT2D eigenvalue weighted by atomic mass is 32.2. The topological polar surface area (TPSA) is 27.7 Å². The van der Waals surface area contributed by atoms with Crippen LogP contribution in [0.25, 0.3) is 0 Å². The Balaban J connectivity index is 3.09. The lowest BCUT2D eigenvalue weighted by molar-refractivity contribution is 0.0399. The van der Waals surface area contributed by atoms with Crippen LogP contribution in [0.4, 0.5) is 0 Å². The molecule has 0 aliphatic carbocycles. The summed E-state index contributed by atoms with van der Waals surface area (Å²) in [5, 5.41) is 0. The quantitative estimate of drug-likeness (QED) is 0.448. The second-order valence-corrected chi connectivity index (χ2v) is 4.81. The molecule has 0 radical (unpaired) electrons. The Morgan fingerprint density at radius 1 is 1.06 bits per heavy atom. The summed E-state index contributed by atoms with van der Waals surface area (Å²) in [7, 11) is 0. The first-order valence-corrected chi connectivity index (χ1v) is 7.15. The van der Waals surface area contributed by atoms with Gasteiger partial charge in [-0.05, 0) is 25.6 Å². The van der Waals surface area contributed by atoms with Gasteiger partial charge in [0.2, 0.25) is 4.38 Å². The van der Waals surface area contributed by atoms with Gasteiger partial charge in [-0.25, -0.2) is 0 Å². The average Bonchev–Trinajstić information content (AvgIpc) is 2.28. The molecule has 0 aliphatic heterocycles. The molecule has 0 amide bonds. The zero-order valence-electron chi connectivity index (χ0n) is 10.2. The van der Waals surface area contributed by atoms with Crippen LogP contribution in [-0.2, 0) is 14.2 Å². The van der Waals surface area contributed by atoms with Crippen molar-refractivity contribution in [3.63, 3.8) is 0 Å². The van der Waals surface area contributed by atoms with E-state index in [1.807, 2.05) is 6.92 Å². The first-order valence-electron chi connectivity index (χ1n) is 5.76. The smallest absolute Gasteiger partial charge is 0.220 e. The highest BCUT2D eigenvalue weighted by Gasteiger charge is 1.98. The maximum atomic E-state index is 5.32. The normalized spacial score (nSPS) is 10.4. The molecule has 0 unspecified atom stereocenters. The van der Waals surface area contributed by atoms with Crippen molar-refractivity contribution in [3.05, 3.63) is 0 Å².